The van der Waals surface area contributed by atoms with E-state index in [1.807, 2.05) is 0 Å². The van der Waals surface area contributed by atoms with Crippen LogP contribution >= 0.6 is 11.6 Å². The quantitative estimate of drug-likeness (QED) is 0.881. The Morgan fingerprint density at radius 3 is 2.60 bits per heavy atom. The molecule has 1 aromatic carbocycles. The van der Waals surface area contributed by atoms with Crippen LogP contribution in [0.4, 0.5) is 5.69 Å². The summed E-state index contributed by atoms with van der Waals surface area (Å²) in [5.74, 6) is 0.00498. The van der Waals surface area contributed by atoms with E-state index in [-0.39, 0.29) is 22.3 Å². The Hall–Kier alpha value is -1.79. The molecule has 5 nitrogen and oxygen atoms in total. The van der Waals surface area contributed by atoms with Crippen LogP contribution in [-0.2, 0) is 10.0 Å². The second-order valence-corrected chi connectivity index (χ2v) is 6.26. The third-order valence-corrected chi connectivity index (χ3v) is 4.80. The molecule has 1 heterocycles. The van der Waals surface area contributed by atoms with Crippen LogP contribution < -0.4 is 4.31 Å². The van der Waals surface area contributed by atoms with Gasteiger partial charge in [0.25, 0.3) is 10.0 Å². The first-order chi connectivity index (χ1) is 9.45. The molecule has 2 aromatic rings. The van der Waals surface area contributed by atoms with Gasteiger partial charge in [-0.3, -0.25) is 4.31 Å². The average molecular weight is 313 g/mol. The zero-order valence-corrected chi connectivity index (χ0v) is 12.3. The highest BCUT2D eigenvalue weighted by Crippen LogP contribution is 2.26. The molecular formula is C13H13ClN2O3S. The minimum atomic E-state index is -3.74. The summed E-state index contributed by atoms with van der Waals surface area (Å²) >= 11 is 5.66. The smallest absolute Gasteiger partial charge is 0.265 e. The van der Waals surface area contributed by atoms with Gasteiger partial charge in [0.05, 0.1) is 5.69 Å². The molecule has 0 fully saturated rings. The van der Waals surface area contributed by atoms with Gasteiger partial charge in [-0.2, -0.15) is 0 Å². The van der Waals surface area contributed by atoms with Gasteiger partial charge < -0.3 is 5.11 Å². The van der Waals surface area contributed by atoms with Crippen molar-refractivity contribution in [3.05, 3.63) is 47.7 Å². The number of benzene rings is 1. The molecule has 0 saturated carbocycles. The molecule has 0 aliphatic rings. The van der Waals surface area contributed by atoms with E-state index >= 15 is 0 Å². The van der Waals surface area contributed by atoms with Crippen molar-refractivity contribution in [2.45, 2.75) is 11.8 Å². The van der Waals surface area contributed by atoms with Gasteiger partial charge in [-0.25, -0.2) is 13.4 Å². The first-order valence-electron chi connectivity index (χ1n) is 5.88. The largest absolute Gasteiger partial charge is 0.508 e. The van der Waals surface area contributed by atoms with E-state index in [1.165, 1.54) is 34.8 Å². The SMILES string of the molecule is CCN(c1cccc(O)c1)S(=O)(=O)c1ccc(Cl)nc1. The highest BCUT2D eigenvalue weighted by Gasteiger charge is 2.24. The summed E-state index contributed by atoms with van der Waals surface area (Å²) in [5.41, 5.74) is 0.391. The van der Waals surface area contributed by atoms with Crippen molar-refractivity contribution < 1.29 is 13.5 Å². The van der Waals surface area contributed by atoms with Crippen LogP contribution in [0, 0.1) is 0 Å². The van der Waals surface area contributed by atoms with Crippen molar-refractivity contribution in [3.63, 3.8) is 0 Å². The third kappa shape index (κ3) is 2.86. The molecule has 2 rings (SSSR count). The molecule has 0 aliphatic carbocycles. The molecule has 1 N–H and O–H groups in total. The molecule has 7 heteroatoms. The lowest BCUT2D eigenvalue weighted by atomic mass is 10.3. The van der Waals surface area contributed by atoms with Crippen LogP contribution in [0.25, 0.3) is 0 Å². The monoisotopic (exact) mass is 312 g/mol. The number of anilines is 1. The van der Waals surface area contributed by atoms with Gasteiger partial charge in [0.15, 0.2) is 0 Å². The number of rotatable bonds is 4. The second-order valence-electron chi connectivity index (χ2n) is 4.01. The van der Waals surface area contributed by atoms with Crippen LogP contribution in [0.5, 0.6) is 5.75 Å². The normalized spacial score (nSPS) is 11.3. The number of hydrogen-bond acceptors (Lipinski definition) is 4. The predicted molar refractivity (Wildman–Crippen MR) is 77.6 cm³/mol. The lowest BCUT2D eigenvalue weighted by molar-refractivity contribution is 0.475. The van der Waals surface area contributed by atoms with E-state index in [4.69, 9.17) is 11.6 Å². The van der Waals surface area contributed by atoms with Crippen LogP contribution in [0.1, 0.15) is 6.92 Å². The van der Waals surface area contributed by atoms with Crippen LogP contribution in [0.15, 0.2) is 47.5 Å². The van der Waals surface area contributed by atoms with Gasteiger partial charge >= 0.3 is 0 Å². The topological polar surface area (TPSA) is 70.5 Å². The van der Waals surface area contributed by atoms with Crippen molar-refractivity contribution in [3.8, 4) is 5.75 Å². The van der Waals surface area contributed by atoms with E-state index in [2.05, 4.69) is 4.98 Å². The molecular weight excluding hydrogens is 300 g/mol. The molecule has 0 bridgehead atoms. The van der Waals surface area contributed by atoms with Crippen molar-refractivity contribution in [2.75, 3.05) is 10.8 Å². The number of aromatic hydroxyl groups is 1. The van der Waals surface area contributed by atoms with Crippen LogP contribution in [0.2, 0.25) is 5.15 Å². The number of phenolic OH excluding ortho intramolecular Hbond substituents is 1. The lowest BCUT2D eigenvalue weighted by Gasteiger charge is -2.22. The highest BCUT2D eigenvalue weighted by molar-refractivity contribution is 7.92. The van der Waals surface area contributed by atoms with E-state index in [9.17, 15) is 13.5 Å². The lowest BCUT2D eigenvalue weighted by Crippen LogP contribution is -2.30. The highest BCUT2D eigenvalue weighted by atomic mass is 35.5. The summed E-state index contributed by atoms with van der Waals surface area (Å²) < 4.78 is 26.3. The molecule has 0 saturated heterocycles. The van der Waals surface area contributed by atoms with Crippen LogP contribution in [0.3, 0.4) is 0 Å². The minimum absolute atomic E-state index is 0.00498. The van der Waals surface area contributed by atoms with Gasteiger partial charge in [0.2, 0.25) is 0 Å². The maximum absolute atomic E-state index is 12.5. The summed E-state index contributed by atoms with van der Waals surface area (Å²) in [7, 11) is -3.74. The molecule has 0 unspecified atom stereocenters. The molecule has 1 aromatic heterocycles. The molecule has 0 radical (unpaired) electrons. The predicted octanol–water partition coefficient (Wildman–Crippen LogP) is 2.66. The van der Waals surface area contributed by atoms with Gasteiger partial charge in [0.1, 0.15) is 15.8 Å². The second kappa shape index (κ2) is 5.68. The molecule has 106 valence electrons. The maximum atomic E-state index is 12.5. The third-order valence-electron chi connectivity index (χ3n) is 2.69. The molecule has 0 amide bonds. The van der Waals surface area contributed by atoms with Crippen molar-refractivity contribution in [1.82, 2.24) is 4.98 Å². The van der Waals surface area contributed by atoms with Crippen molar-refractivity contribution >= 4 is 27.3 Å². The van der Waals surface area contributed by atoms with E-state index in [0.29, 0.717) is 5.69 Å². The van der Waals surface area contributed by atoms with Gasteiger partial charge in [0, 0.05) is 18.8 Å². The number of hydrogen-bond donors (Lipinski definition) is 1. The van der Waals surface area contributed by atoms with Crippen molar-refractivity contribution in [1.29, 1.82) is 0 Å². The van der Waals surface area contributed by atoms with Crippen LogP contribution in [-0.4, -0.2) is 25.1 Å². The Morgan fingerprint density at radius 1 is 1.30 bits per heavy atom. The number of phenols is 1. The fraction of sp³-hybridized carbons (Fsp3) is 0.154. The summed E-state index contributed by atoms with van der Waals surface area (Å²) in [6, 6.07) is 8.89. The fourth-order valence-corrected chi connectivity index (χ4v) is 3.30. The average Bonchev–Trinajstić information content (AvgIpc) is 2.40. The summed E-state index contributed by atoms with van der Waals surface area (Å²) in [4.78, 5) is 3.83. The maximum Gasteiger partial charge on any atom is 0.265 e. The number of sulfonamides is 1. The van der Waals surface area contributed by atoms with Gasteiger partial charge in [-0.1, -0.05) is 17.7 Å². The first-order valence-corrected chi connectivity index (χ1v) is 7.70. The number of pyridine rings is 1. The Morgan fingerprint density at radius 2 is 2.05 bits per heavy atom. The van der Waals surface area contributed by atoms with E-state index in [0.717, 1.165) is 0 Å². The zero-order chi connectivity index (χ0) is 14.8. The molecule has 0 spiro atoms. The van der Waals surface area contributed by atoms with E-state index < -0.39 is 10.0 Å². The molecule has 0 atom stereocenters. The summed E-state index contributed by atoms with van der Waals surface area (Å²) in [5, 5.41) is 9.71. The van der Waals surface area contributed by atoms with E-state index in [1.54, 1.807) is 19.1 Å². The first kappa shape index (κ1) is 14.6. The standard InChI is InChI=1S/C13H13ClN2O3S/c1-2-16(10-4-3-5-11(17)8-10)20(18,19)12-6-7-13(14)15-9-12/h3-9,17H,2H2,1H3. The number of aromatic nitrogens is 1. The molecule has 0 aliphatic heterocycles. The minimum Gasteiger partial charge on any atom is -0.508 e. The Bertz CT molecular complexity index is 702. The van der Waals surface area contributed by atoms with Crippen molar-refractivity contribution in [2.24, 2.45) is 0 Å². The van der Waals surface area contributed by atoms with Gasteiger partial charge in [-0.05, 0) is 31.2 Å². The summed E-state index contributed by atoms with van der Waals surface area (Å²) in [6.07, 6.45) is 1.21. The Kier molecular flexibility index (Phi) is 4.15. The number of halogens is 1. The van der Waals surface area contributed by atoms with Gasteiger partial charge in [-0.15, -0.1) is 0 Å². The summed E-state index contributed by atoms with van der Waals surface area (Å²) in [6.45, 7) is 1.94. The molecule has 20 heavy (non-hydrogen) atoms. The Labute approximate surface area is 122 Å². The fourth-order valence-electron chi connectivity index (χ4n) is 1.78. The number of nitrogens with zero attached hydrogens (tertiary/aromatic N) is 2. The Balaban J connectivity index is 2.47. The zero-order valence-electron chi connectivity index (χ0n) is 10.7.